The molecule has 1 N–H and O–H groups in total. The molecule has 6 rings (SSSR count). The monoisotopic (exact) mass is 302 g/mol. The first kappa shape index (κ1) is 14.3. The summed E-state index contributed by atoms with van der Waals surface area (Å²) < 4.78 is 0. The van der Waals surface area contributed by atoms with Crippen LogP contribution in [0.2, 0.25) is 0 Å². The van der Waals surface area contributed by atoms with Gasteiger partial charge in [0.15, 0.2) is 0 Å². The topological polar surface area (TPSA) is 25.2 Å². The summed E-state index contributed by atoms with van der Waals surface area (Å²) >= 11 is 0. The summed E-state index contributed by atoms with van der Waals surface area (Å²) in [7, 11) is 0. The minimum Gasteiger partial charge on any atom is -0.304 e. The van der Waals surface area contributed by atoms with E-state index in [1.165, 1.54) is 32.5 Å². The van der Waals surface area contributed by atoms with Crippen molar-refractivity contribution in [2.45, 2.75) is 58.5 Å². The SMILES string of the molecule is CC(C)C1CN2CCC1C(C13NC1C1CC3CC1C(C)C)C2. The molecule has 4 heterocycles. The molecule has 2 nitrogen and oxygen atoms in total. The summed E-state index contributed by atoms with van der Waals surface area (Å²) in [5.41, 5.74) is 0.590. The number of rotatable bonds is 3. The molecule has 4 bridgehead atoms. The normalized spacial score (nSPS) is 58.6. The van der Waals surface area contributed by atoms with Gasteiger partial charge in [0.2, 0.25) is 0 Å². The Kier molecular flexibility index (Phi) is 2.92. The molecule has 0 radical (unpaired) electrons. The van der Waals surface area contributed by atoms with E-state index in [0.717, 1.165) is 53.4 Å². The van der Waals surface area contributed by atoms with Crippen molar-refractivity contribution in [2.75, 3.05) is 19.6 Å². The van der Waals surface area contributed by atoms with Crippen LogP contribution in [0.15, 0.2) is 0 Å². The van der Waals surface area contributed by atoms with Crippen molar-refractivity contribution in [3.63, 3.8) is 0 Å². The molecule has 6 fully saturated rings. The van der Waals surface area contributed by atoms with Crippen molar-refractivity contribution < 1.29 is 0 Å². The lowest BCUT2D eigenvalue weighted by molar-refractivity contribution is -0.0454. The molecule has 2 heteroatoms. The third-order valence-electron chi connectivity index (χ3n) is 8.70. The van der Waals surface area contributed by atoms with E-state index in [1.54, 1.807) is 6.42 Å². The Morgan fingerprint density at radius 1 is 0.955 bits per heavy atom. The summed E-state index contributed by atoms with van der Waals surface area (Å²) in [5, 5.41) is 4.12. The number of hydrogen-bond donors (Lipinski definition) is 1. The van der Waals surface area contributed by atoms with Crippen molar-refractivity contribution in [1.29, 1.82) is 0 Å². The largest absolute Gasteiger partial charge is 0.304 e. The van der Waals surface area contributed by atoms with Crippen LogP contribution in [0.25, 0.3) is 0 Å². The second-order valence-corrected chi connectivity index (χ2v) is 10.0. The van der Waals surface area contributed by atoms with Crippen molar-refractivity contribution in [2.24, 2.45) is 47.3 Å². The van der Waals surface area contributed by atoms with Crippen LogP contribution in [-0.2, 0) is 0 Å². The fraction of sp³-hybridized carbons (Fsp3) is 1.00. The van der Waals surface area contributed by atoms with Gasteiger partial charge >= 0.3 is 0 Å². The maximum atomic E-state index is 4.12. The number of piperidine rings is 4. The van der Waals surface area contributed by atoms with Gasteiger partial charge in [-0.3, -0.25) is 0 Å². The Bertz CT molecular complexity index is 472. The molecular formula is C20H34N2. The quantitative estimate of drug-likeness (QED) is 0.810. The molecule has 124 valence electrons. The maximum Gasteiger partial charge on any atom is 0.0413 e. The molecule has 22 heavy (non-hydrogen) atoms. The van der Waals surface area contributed by atoms with Crippen molar-refractivity contribution in [1.82, 2.24) is 10.2 Å². The highest BCUT2D eigenvalue weighted by atomic mass is 15.3. The van der Waals surface area contributed by atoms with Gasteiger partial charge in [0.05, 0.1) is 0 Å². The predicted molar refractivity (Wildman–Crippen MR) is 90.6 cm³/mol. The van der Waals surface area contributed by atoms with Gasteiger partial charge in [-0.2, -0.15) is 0 Å². The number of nitrogens with one attached hydrogen (secondary N) is 1. The van der Waals surface area contributed by atoms with Crippen LogP contribution < -0.4 is 5.32 Å². The van der Waals surface area contributed by atoms with Crippen LogP contribution in [0.4, 0.5) is 0 Å². The molecule has 0 aromatic carbocycles. The van der Waals surface area contributed by atoms with Crippen LogP contribution in [-0.4, -0.2) is 36.1 Å². The van der Waals surface area contributed by atoms with E-state index < -0.39 is 0 Å². The average molecular weight is 303 g/mol. The molecule has 0 aromatic rings. The van der Waals surface area contributed by atoms with E-state index in [0.29, 0.717) is 5.54 Å². The zero-order valence-electron chi connectivity index (χ0n) is 14.9. The second-order valence-electron chi connectivity index (χ2n) is 10.0. The van der Waals surface area contributed by atoms with Gasteiger partial charge in [0, 0.05) is 24.7 Å². The summed E-state index contributed by atoms with van der Waals surface area (Å²) in [6.07, 6.45) is 4.56. The van der Waals surface area contributed by atoms with Crippen LogP contribution in [0.5, 0.6) is 0 Å². The zero-order chi connectivity index (χ0) is 15.2. The van der Waals surface area contributed by atoms with Gasteiger partial charge in [0.25, 0.3) is 0 Å². The molecule has 0 aromatic heterocycles. The molecule has 4 saturated heterocycles. The number of nitrogens with zero attached hydrogens (tertiary/aromatic N) is 1. The summed E-state index contributed by atoms with van der Waals surface area (Å²) in [6, 6.07) is 0.900. The standard InChI is InChI=1S/C20H34N2/c1-11(2)15-7-13-8-16(15)19-20(13,21-19)18-10-22-6-5-14(18)17(9-22)12(3)4/h11-19,21H,5-10H2,1-4H3. The summed E-state index contributed by atoms with van der Waals surface area (Å²) in [4.78, 5) is 2.81. The third-order valence-corrected chi connectivity index (χ3v) is 8.70. The summed E-state index contributed by atoms with van der Waals surface area (Å²) in [6.45, 7) is 14.0. The lowest BCUT2D eigenvalue weighted by Crippen LogP contribution is -2.60. The van der Waals surface area contributed by atoms with E-state index >= 15 is 0 Å². The van der Waals surface area contributed by atoms with Crippen molar-refractivity contribution in [3.8, 4) is 0 Å². The first-order valence-corrected chi connectivity index (χ1v) is 10.0. The Labute approximate surface area is 136 Å². The van der Waals surface area contributed by atoms with E-state index in [9.17, 15) is 0 Å². The minimum atomic E-state index is 0.590. The molecule has 9 unspecified atom stereocenters. The van der Waals surface area contributed by atoms with Crippen LogP contribution in [0.3, 0.4) is 0 Å². The first-order chi connectivity index (χ1) is 10.5. The van der Waals surface area contributed by atoms with Crippen LogP contribution >= 0.6 is 0 Å². The highest BCUT2D eigenvalue weighted by Gasteiger charge is 2.75. The molecule has 9 atom stereocenters. The Morgan fingerprint density at radius 2 is 1.73 bits per heavy atom. The molecule has 2 aliphatic carbocycles. The number of hydrogen-bond acceptors (Lipinski definition) is 2. The van der Waals surface area contributed by atoms with Crippen molar-refractivity contribution >= 4 is 0 Å². The fourth-order valence-electron chi connectivity index (χ4n) is 7.70. The Morgan fingerprint density at radius 3 is 2.36 bits per heavy atom. The third kappa shape index (κ3) is 1.64. The summed E-state index contributed by atoms with van der Waals surface area (Å²) in [5.74, 6) is 7.74. The van der Waals surface area contributed by atoms with Gasteiger partial charge in [-0.1, -0.05) is 27.7 Å². The highest BCUT2D eigenvalue weighted by molar-refractivity contribution is 5.32. The lowest BCUT2D eigenvalue weighted by atomic mass is 9.60. The highest BCUT2D eigenvalue weighted by Crippen LogP contribution is 2.67. The minimum absolute atomic E-state index is 0.590. The predicted octanol–water partition coefficient (Wildman–Crippen LogP) is 3.23. The molecule has 2 saturated carbocycles. The second kappa shape index (κ2) is 4.51. The molecule has 0 spiro atoms. The molecule has 4 aliphatic heterocycles. The van der Waals surface area contributed by atoms with Crippen molar-refractivity contribution in [3.05, 3.63) is 0 Å². The van der Waals surface area contributed by atoms with E-state index in [-0.39, 0.29) is 0 Å². The molecule has 0 amide bonds. The number of fused-ring (bicyclic) bond motifs is 9. The van der Waals surface area contributed by atoms with Crippen LogP contribution in [0, 0.1) is 47.3 Å². The van der Waals surface area contributed by atoms with E-state index in [1.807, 2.05) is 0 Å². The zero-order valence-corrected chi connectivity index (χ0v) is 14.9. The Hall–Kier alpha value is -0.0800. The molecule has 6 aliphatic rings. The van der Waals surface area contributed by atoms with Gasteiger partial charge in [-0.15, -0.1) is 0 Å². The maximum absolute atomic E-state index is 4.12. The van der Waals surface area contributed by atoms with Gasteiger partial charge < -0.3 is 10.2 Å². The van der Waals surface area contributed by atoms with E-state index in [4.69, 9.17) is 0 Å². The Balaban J connectivity index is 1.41. The fourth-order valence-corrected chi connectivity index (χ4v) is 7.70. The smallest absolute Gasteiger partial charge is 0.0413 e. The molecular weight excluding hydrogens is 268 g/mol. The van der Waals surface area contributed by atoms with Gasteiger partial charge in [-0.25, -0.2) is 0 Å². The van der Waals surface area contributed by atoms with E-state index in [2.05, 4.69) is 37.9 Å². The first-order valence-electron chi connectivity index (χ1n) is 10.0. The van der Waals surface area contributed by atoms with Crippen LogP contribution in [0.1, 0.15) is 47.0 Å². The lowest BCUT2D eigenvalue weighted by Gasteiger charge is -2.54. The van der Waals surface area contributed by atoms with Gasteiger partial charge in [-0.05, 0) is 73.2 Å². The van der Waals surface area contributed by atoms with Gasteiger partial charge in [0.1, 0.15) is 0 Å². The average Bonchev–Trinajstić information content (AvgIpc) is 3.03.